The second kappa shape index (κ2) is 2.70. The van der Waals surface area contributed by atoms with E-state index in [1.807, 2.05) is 30.3 Å². The molecule has 0 saturated heterocycles. The summed E-state index contributed by atoms with van der Waals surface area (Å²) in [6, 6.07) is 0. The van der Waals surface area contributed by atoms with Gasteiger partial charge in [0, 0.05) is 13.2 Å². The third kappa shape index (κ3) is 1.63. The SMILES string of the molecule is CCC1=CN(C)C(C)(O)C=C1. The molecule has 0 spiro atoms. The van der Waals surface area contributed by atoms with Crippen molar-refractivity contribution in [3.63, 3.8) is 0 Å². The smallest absolute Gasteiger partial charge is 0.154 e. The lowest BCUT2D eigenvalue weighted by Crippen LogP contribution is -2.39. The van der Waals surface area contributed by atoms with E-state index in [2.05, 4.69) is 6.92 Å². The minimum absolute atomic E-state index is 0.807. The third-order valence-electron chi connectivity index (χ3n) is 2.09. The fourth-order valence-corrected chi connectivity index (χ4v) is 1.01. The van der Waals surface area contributed by atoms with E-state index in [-0.39, 0.29) is 0 Å². The predicted octanol–water partition coefficient (Wildman–Crippen LogP) is 1.49. The van der Waals surface area contributed by atoms with E-state index in [1.165, 1.54) is 5.57 Å². The molecule has 0 aromatic heterocycles. The molecule has 1 rings (SSSR count). The molecule has 1 aliphatic rings. The zero-order valence-corrected chi connectivity index (χ0v) is 7.33. The van der Waals surface area contributed by atoms with Gasteiger partial charge in [-0.25, -0.2) is 0 Å². The maximum atomic E-state index is 9.65. The molecular formula is C9H15NO. The van der Waals surface area contributed by atoms with Crippen LogP contribution in [0.25, 0.3) is 0 Å². The molecule has 11 heavy (non-hydrogen) atoms. The van der Waals surface area contributed by atoms with Crippen molar-refractivity contribution < 1.29 is 5.11 Å². The summed E-state index contributed by atoms with van der Waals surface area (Å²) in [5.74, 6) is 0. The number of nitrogens with zero attached hydrogens (tertiary/aromatic N) is 1. The Morgan fingerprint density at radius 2 is 2.27 bits per heavy atom. The minimum atomic E-state index is -0.807. The van der Waals surface area contributed by atoms with Gasteiger partial charge in [-0.05, 0) is 25.0 Å². The molecule has 0 amide bonds. The van der Waals surface area contributed by atoms with E-state index in [1.54, 1.807) is 6.92 Å². The fourth-order valence-electron chi connectivity index (χ4n) is 1.01. The fraction of sp³-hybridized carbons (Fsp3) is 0.556. The summed E-state index contributed by atoms with van der Waals surface area (Å²) in [6.07, 6.45) is 6.77. The first-order chi connectivity index (χ1) is 5.06. The number of rotatable bonds is 1. The van der Waals surface area contributed by atoms with E-state index in [9.17, 15) is 5.11 Å². The van der Waals surface area contributed by atoms with Crippen LogP contribution in [0.3, 0.4) is 0 Å². The highest BCUT2D eigenvalue weighted by atomic mass is 16.3. The Kier molecular flexibility index (Phi) is 2.05. The van der Waals surface area contributed by atoms with Gasteiger partial charge in [0.15, 0.2) is 5.72 Å². The summed E-state index contributed by atoms with van der Waals surface area (Å²) >= 11 is 0. The zero-order valence-electron chi connectivity index (χ0n) is 7.33. The summed E-state index contributed by atoms with van der Waals surface area (Å²) in [5.41, 5.74) is 0.442. The van der Waals surface area contributed by atoms with Crippen molar-refractivity contribution in [2.24, 2.45) is 0 Å². The standard InChI is InChI=1S/C9H15NO/c1-4-8-5-6-9(2,11)10(3)7-8/h5-7,11H,4H2,1-3H3. The van der Waals surface area contributed by atoms with Crippen molar-refractivity contribution in [2.45, 2.75) is 26.0 Å². The monoisotopic (exact) mass is 153 g/mol. The maximum absolute atomic E-state index is 9.65. The van der Waals surface area contributed by atoms with Crippen LogP contribution < -0.4 is 0 Å². The molecule has 62 valence electrons. The van der Waals surface area contributed by atoms with E-state index >= 15 is 0 Å². The van der Waals surface area contributed by atoms with Crippen LogP contribution in [0.5, 0.6) is 0 Å². The van der Waals surface area contributed by atoms with Gasteiger partial charge in [0.2, 0.25) is 0 Å². The van der Waals surface area contributed by atoms with Crippen molar-refractivity contribution in [3.05, 3.63) is 23.9 Å². The lowest BCUT2D eigenvalue weighted by atomic mass is 10.1. The lowest BCUT2D eigenvalue weighted by molar-refractivity contribution is -0.00962. The molecule has 0 aromatic carbocycles. The highest BCUT2D eigenvalue weighted by molar-refractivity contribution is 5.25. The predicted molar refractivity (Wildman–Crippen MR) is 45.9 cm³/mol. The molecule has 0 aliphatic carbocycles. The molecule has 2 heteroatoms. The Bertz CT molecular complexity index is 204. The van der Waals surface area contributed by atoms with Crippen molar-refractivity contribution in [1.29, 1.82) is 0 Å². The summed E-state index contributed by atoms with van der Waals surface area (Å²) in [7, 11) is 1.87. The summed E-state index contributed by atoms with van der Waals surface area (Å²) in [5, 5.41) is 9.65. The lowest BCUT2D eigenvalue weighted by Gasteiger charge is -2.33. The van der Waals surface area contributed by atoms with Gasteiger partial charge in [-0.3, -0.25) is 0 Å². The quantitative estimate of drug-likeness (QED) is 0.617. The van der Waals surface area contributed by atoms with Crippen molar-refractivity contribution in [2.75, 3.05) is 7.05 Å². The Morgan fingerprint density at radius 1 is 1.64 bits per heavy atom. The average molecular weight is 153 g/mol. The van der Waals surface area contributed by atoms with Crippen LogP contribution >= 0.6 is 0 Å². The number of hydrogen-bond donors (Lipinski definition) is 1. The largest absolute Gasteiger partial charge is 0.368 e. The normalized spacial score (nSPS) is 30.5. The molecule has 0 saturated carbocycles. The first kappa shape index (κ1) is 8.34. The maximum Gasteiger partial charge on any atom is 0.154 e. The average Bonchev–Trinajstić information content (AvgIpc) is 1.95. The molecule has 1 heterocycles. The molecule has 2 nitrogen and oxygen atoms in total. The van der Waals surface area contributed by atoms with Crippen LogP contribution in [0.4, 0.5) is 0 Å². The highest BCUT2D eigenvalue weighted by Gasteiger charge is 2.22. The first-order valence-corrected chi connectivity index (χ1v) is 3.91. The first-order valence-electron chi connectivity index (χ1n) is 3.91. The second-order valence-corrected chi connectivity index (χ2v) is 3.10. The van der Waals surface area contributed by atoms with E-state index in [4.69, 9.17) is 0 Å². The summed E-state index contributed by atoms with van der Waals surface area (Å²) in [6.45, 7) is 3.87. The zero-order chi connectivity index (χ0) is 8.48. The number of likely N-dealkylation sites (N-methyl/N-ethyl adjacent to an activating group) is 1. The highest BCUT2D eigenvalue weighted by Crippen LogP contribution is 2.20. The Morgan fingerprint density at radius 3 is 2.73 bits per heavy atom. The van der Waals surface area contributed by atoms with Gasteiger partial charge >= 0.3 is 0 Å². The van der Waals surface area contributed by atoms with Gasteiger partial charge < -0.3 is 10.0 Å². The van der Waals surface area contributed by atoms with E-state index < -0.39 is 5.72 Å². The van der Waals surface area contributed by atoms with Crippen LogP contribution in [-0.4, -0.2) is 22.8 Å². The molecule has 0 radical (unpaired) electrons. The van der Waals surface area contributed by atoms with Gasteiger partial charge in [-0.1, -0.05) is 13.0 Å². The molecule has 1 N–H and O–H groups in total. The second-order valence-electron chi connectivity index (χ2n) is 3.10. The van der Waals surface area contributed by atoms with Crippen LogP contribution in [0.15, 0.2) is 23.9 Å². The molecule has 1 aliphatic heterocycles. The molecule has 1 unspecified atom stereocenters. The van der Waals surface area contributed by atoms with Gasteiger partial charge in [0.05, 0.1) is 0 Å². The molecule has 0 fully saturated rings. The van der Waals surface area contributed by atoms with Gasteiger partial charge in [0.1, 0.15) is 0 Å². The van der Waals surface area contributed by atoms with Crippen LogP contribution in [-0.2, 0) is 0 Å². The minimum Gasteiger partial charge on any atom is -0.368 e. The van der Waals surface area contributed by atoms with Crippen molar-refractivity contribution in [1.82, 2.24) is 4.90 Å². The molecule has 0 aromatic rings. The third-order valence-corrected chi connectivity index (χ3v) is 2.09. The Hall–Kier alpha value is -0.760. The van der Waals surface area contributed by atoms with Crippen LogP contribution in [0.1, 0.15) is 20.3 Å². The van der Waals surface area contributed by atoms with E-state index in [0.29, 0.717) is 0 Å². The summed E-state index contributed by atoms with van der Waals surface area (Å²) in [4.78, 5) is 1.81. The number of allylic oxidation sites excluding steroid dienone is 2. The summed E-state index contributed by atoms with van der Waals surface area (Å²) < 4.78 is 0. The molecule has 1 atom stereocenters. The Balaban J connectivity index is 2.80. The van der Waals surface area contributed by atoms with Crippen molar-refractivity contribution in [3.8, 4) is 0 Å². The number of hydrogen-bond acceptors (Lipinski definition) is 2. The van der Waals surface area contributed by atoms with Gasteiger partial charge in [0.25, 0.3) is 0 Å². The van der Waals surface area contributed by atoms with Gasteiger partial charge in [-0.2, -0.15) is 0 Å². The van der Waals surface area contributed by atoms with Crippen LogP contribution in [0.2, 0.25) is 0 Å². The molecular weight excluding hydrogens is 138 g/mol. The van der Waals surface area contributed by atoms with Gasteiger partial charge in [-0.15, -0.1) is 0 Å². The van der Waals surface area contributed by atoms with Crippen LogP contribution in [0, 0.1) is 0 Å². The topological polar surface area (TPSA) is 23.5 Å². The Labute approximate surface area is 67.8 Å². The van der Waals surface area contributed by atoms with E-state index in [0.717, 1.165) is 6.42 Å². The van der Waals surface area contributed by atoms with Crippen molar-refractivity contribution >= 4 is 0 Å². The number of aliphatic hydroxyl groups is 1. The molecule has 0 bridgehead atoms.